The third kappa shape index (κ3) is 2.87. The summed E-state index contributed by atoms with van der Waals surface area (Å²) in [6.45, 7) is 2.02. The summed E-state index contributed by atoms with van der Waals surface area (Å²) in [5.74, 6) is 0.580. The average Bonchev–Trinajstić information content (AvgIpc) is 2.33. The fraction of sp³-hybridized carbons (Fsp3) is 0.143. The number of hydrogen-bond donors (Lipinski definition) is 0. The van der Waals surface area contributed by atoms with Crippen LogP contribution in [0.5, 0.6) is 5.75 Å². The minimum Gasteiger partial charge on any atom is -0.489 e. The van der Waals surface area contributed by atoms with E-state index in [1.807, 2.05) is 38.2 Å². The minimum atomic E-state index is -0.181. The number of halogens is 1. The summed E-state index contributed by atoms with van der Waals surface area (Å²) in [5, 5.41) is 0. The number of aryl methyl sites for hydroxylation is 1. The van der Waals surface area contributed by atoms with Crippen LogP contribution >= 0.6 is 0 Å². The lowest BCUT2D eigenvalue weighted by Crippen LogP contribution is -2.03. The molecule has 0 aliphatic carbocycles. The molecule has 2 rings (SSSR count). The average molecular weight is 228 g/mol. The van der Waals surface area contributed by atoms with Crippen molar-refractivity contribution in [2.45, 2.75) is 13.5 Å². The van der Waals surface area contributed by atoms with Gasteiger partial charge >= 0.3 is 0 Å². The third-order valence-electron chi connectivity index (χ3n) is 2.69. The maximum Gasteiger partial charge on any atom is 0.139 e. The Balaban J connectivity index is 2.07. The molecule has 86 valence electrons. The molecule has 0 unspecified atom stereocenters. The summed E-state index contributed by atoms with van der Waals surface area (Å²) in [5.41, 5.74) is 2.42. The van der Waals surface area contributed by atoms with E-state index in [0.29, 0.717) is 11.1 Å². The van der Waals surface area contributed by atoms with Gasteiger partial charge in [-0.1, -0.05) is 35.8 Å². The summed E-state index contributed by atoms with van der Waals surface area (Å²) in [7, 11) is 2.02. The fourth-order valence-corrected chi connectivity index (χ4v) is 1.62. The molecule has 3 heteroatoms. The third-order valence-corrected chi connectivity index (χ3v) is 2.69. The Hall–Kier alpha value is -1.77. The van der Waals surface area contributed by atoms with E-state index in [9.17, 15) is 4.39 Å². The molecule has 0 spiro atoms. The van der Waals surface area contributed by atoms with Gasteiger partial charge in [0.05, 0.1) is 0 Å². The van der Waals surface area contributed by atoms with Gasteiger partial charge in [-0.3, -0.25) is 0 Å². The van der Waals surface area contributed by atoms with Crippen LogP contribution in [-0.2, 0) is 6.61 Å². The van der Waals surface area contributed by atoms with Crippen LogP contribution in [0.3, 0.4) is 0 Å². The van der Waals surface area contributed by atoms with Crippen molar-refractivity contribution in [2.24, 2.45) is 0 Å². The molecule has 0 amide bonds. The molecule has 0 aromatic heterocycles. The summed E-state index contributed by atoms with van der Waals surface area (Å²) >= 11 is 0. The molecule has 17 heavy (non-hydrogen) atoms. The van der Waals surface area contributed by atoms with Gasteiger partial charge in [0.15, 0.2) is 0 Å². The molecule has 2 aromatic rings. The van der Waals surface area contributed by atoms with Gasteiger partial charge in [0.25, 0.3) is 0 Å². The Labute approximate surface area is 102 Å². The van der Waals surface area contributed by atoms with E-state index in [1.165, 1.54) is 5.46 Å². The van der Waals surface area contributed by atoms with E-state index in [2.05, 4.69) is 0 Å². The van der Waals surface area contributed by atoms with Gasteiger partial charge in [-0.15, -0.1) is 0 Å². The molecular weight excluding hydrogens is 214 g/mol. The lowest BCUT2D eigenvalue weighted by atomic mass is 9.97. The molecule has 0 radical (unpaired) electrons. The molecule has 0 fully saturated rings. The molecule has 0 N–H and O–H groups in total. The summed E-state index contributed by atoms with van der Waals surface area (Å²) in [6, 6.07) is 13.1. The van der Waals surface area contributed by atoms with Crippen LogP contribution in [0.15, 0.2) is 42.5 Å². The molecule has 0 atom stereocenters. The molecule has 0 heterocycles. The zero-order valence-electron chi connectivity index (χ0n) is 10.0. The van der Waals surface area contributed by atoms with Crippen LogP contribution < -0.4 is 10.2 Å². The SMILES string of the molecule is Bc1ccc(OCc2cccc(C)c2F)cc1. The number of ether oxygens (including phenoxy) is 1. The first-order valence-electron chi connectivity index (χ1n) is 5.60. The highest BCUT2D eigenvalue weighted by atomic mass is 19.1. The lowest BCUT2D eigenvalue weighted by Gasteiger charge is -2.08. The molecule has 0 saturated heterocycles. The van der Waals surface area contributed by atoms with Gasteiger partial charge < -0.3 is 4.74 Å². The van der Waals surface area contributed by atoms with Crippen molar-refractivity contribution in [3.63, 3.8) is 0 Å². The first kappa shape index (κ1) is 11.7. The predicted molar refractivity (Wildman–Crippen MR) is 70.1 cm³/mol. The number of benzene rings is 2. The summed E-state index contributed by atoms with van der Waals surface area (Å²) < 4.78 is 19.2. The zero-order valence-corrected chi connectivity index (χ0v) is 10.0. The van der Waals surface area contributed by atoms with Gasteiger partial charge in [-0.2, -0.15) is 0 Å². The number of rotatable bonds is 3. The van der Waals surface area contributed by atoms with Crippen LogP contribution in [0, 0.1) is 12.7 Å². The zero-order chi connectivity index (χ0) is 12.3. The largest absolute Gasteiger partial charge is 0.489 e. The second-order valence-corrected chi connectivity index (χ2v) is 4.15. The van der Waals surface area contributed by atoms with E-state index in [-0.39, 0.29) is 12.4 Å². The van der Waals surface area contributed by atoms with E-state index in [0.717, 1.165) is 5.75 Å². The number of hydrogen-bond acceptors (Lipinski definition) is 1. The normalized spacial score (nSPS) is 10.2. The molecule has 0 bridgehead atoms. The second-order valence-electron chi connectivity index (χ2n) is 4.15. The quantitative estimate of drug-likeness (QED) is 0.730. The maximum absolute atomic E-state index is 13.7. The Morgan fingerprint density at radius 1 is 1.12 bits per heavy atom. The van der Waals surface area contributed by atoms with E-state index < -0.39 is 0 Å². The van der Waals surface area contributed by atoms with Gasteiger partial charge in [-0.25, -0.2) is 4.39 Å². The second kappa shape index (κ2) is 5.04. The Bertz CT molecular complexity index is 508. The first-order chi connectivity index (χ1) is 8.16. The topological polar surface area (TPSA) is 9.23 Å². The highest BCUT2D eigenvalue weighted by molar-refractivity contribution is 6.32. The molecule has 1 nitrogen and oxygen atoms in total. The lowest BCUT2D eigenvalue weighted by molar-refractivity contribution is 0.299. The molecule has 0 aliphatic heterocycles. The smallest absolute Gasteiger partial charge is 0.139 e. The highest BCUT2D eigenvalue weighted by Gasteiger charge is 2.05. The van der Waals surface area contributed by atoms with Gasteiger partial charge in [-0.05, 0) is 24.6 Å². The Morgan fingerprint density at radius 2 is 1.82 bits per heavy atom. The summed E-state index contributed by atoms with van der Waals surface area (Å²) in [4.78, 5) is 0. The van der Waals surface area contributed by atoms with Crippen molar-refractivity contribution in [2.75, 3.05) is 0 Å². The van der Waals surface area contributed by atoms with E-state index >= 15 is 0 Å². The summed E-state index contributed by atoms with van der Waals surface area (Å²) in [6.07, 6.45) is 0. The van der Waals surface area contributed by atoms with Crippen molar-refractivity contribution in [3.8, 4) is 5.75 Å². The van der Waals surface area contributed by atoms with Crippen molar-refractivity contribution < 1.29 is 9.13 Å². The van der Waals surface area contributed by atoms with E-state index in [4.69, 9.17) is 4.74 Å². The van der Waals surface area contributed by atoms with Crippen LogP contribution in [-0.4, -0.2) is 7.85 Å². The van der Waals surface area contributed by atoms with Crippen molar-refractivity contribution in [1.29, 1.82) is 0 Å². The minimum absolute atomic E-state index is 0.181. The monoisotopic (exact) mass is 228 g/mol. The first-order valence-corrected chi connectivity index (χ1v) is 5.60. The Kier molecular flexibility index (Phi) is 3.47. The van der Waals surface area contributed by atoms with Crippen molar-refractivity contribution in [1.82, 2.24) is 0 Å². The maximum atomic E-state index is 13.7. The molecule has 0 saturated carbocycles. The highest BCUT2D eigenvalue weighted by Crippen LogP contribution is 2.15. The predicted octanol–water partition coefficient (Wildman–Crippen LogP) is 1.97. The van der Waals surface area contributed by atoms with Gasteiger partial charge in [0.2, 0.25) is 0 Å². The van der Waals surface area contributed by atoms with Crippen LogP contribution in [0.25, 0.3) is 0 Å². The molecular formula is C14H14BFO. The van der Waals surface area contributed by atoms with E-state index in [1.54, 1.807) is 19.1 Å². The van der Waals surface area contributed by atoms with Crippen molar-refractivity contribution >= 4 is 13.3 Å². The standard InChI is InChI=1S/C14H14BFO/c1-10-3-2-4-11(14(10)16)9-17-13-7-5-12(15)6-8-13/h2-8H,9,15H2,1H3. The van der Waals surface area contributed by atoms with Crippen LogP contribution in [0.4, 0.5) is 4.39 Å². The van der Waals surface area contributed by atoms with Gasteiger partial charge in [0.1, 0.15) is 26.0 Å². The molecule has 2 aromatic carbocycles. The fourth-order valence-electron chi connectivity index (χ4n) is 1.62. The Morgan fingerprint density at radius 3 is 2.53 bits per heavy atom. The van der Waals surface area contributed by atoms with Crippen molar-refractivity contribution in [3.05, 3.63) is 59.4 Å². The van der Waals surface area contributed by atoms with Crippen LogP contribution in [0.2, 0.25) is 0 Å². The van der Waals surface area contributed by atoms with Crippen LogP contribution in [0.1, 0.15) is 11.1 Å². The molecule has 0 aliphatic rings. The van der Waals surface area contributed by atoms with Gasteiger partial charge in [0, 0.05) is 5.56 Å².